The number of anilines is 2. The van der Waals surface area contributed by atoms with E-state index in [1.165, 1.54) is 11.3 Å². The summed E-state index contributed by atoms with van der Waals surface area (Å²) in [5.41, 5.74) is 9.23. The monoisotopic (exact) mass is 249 g/mol. The van der Waals surface area contributed by atoms with Crippen molar-refractivity contribution in [1.29, 1.82) is 0 Å². The Kier molecular flexibility index (Phi) is 5.48. The number of nitrogen functional groups attached to an aromatic ring is 1. The molecule has 0 aliphatic heterocycles. The molecule has 18 heavy (non-hydrogen) atoms. The van der Waals surface area contributed by atoms with Crippen molar-refractivity contribution in [1.82, 2.24) is 4.90 Å². The highest BCUT2D eigenvalue weighted by Gasteiger charge is 2.11. The number of nitrogens with zero attached hydrogens (tertiary/aromatic N) is 2. The summed E-state index contributed by atoms with van der Waals surface area (Å²) in [5, 5.41) is 0. The molecule has 0 saturated heterocycles. The van der Waals surface area contributed by atoms with E-state index in [0.29, 0.717) is 5.92 Å². The van der Waals surface area contributed by atoms with Crippen molar-refractivity contribution in [3.63, 3.8) is 0 Å². The molecular formula is C15H27N3. The maximum absolute atomic E-state index is 5.82. The van der Waals surface area contributed by atoms with Crippen LogP contribution in [0, 0.1) is 12.8 Å². The van der Waals surface area contributed by atoms with Gasteiger partial charge in [-0.05, 0) is 50.7 Å². The van der Waals surface area contributed by atoms with Gasteiger partial charge in [-0.1, -0.05) is 13.8 Å². The Morgan fingerprint density at radius 3 is 2.33 bits per heavy atom. The maximum atomic E-state index is 5.82. The zero-order chi connectivity index (χ0) is 13.7. The van der Waals surface area contributed by atoms with Gasteiger partial charge in [0, 0.05) is 31.0 Å². The molecule has 0 heterocycles. The van der Waals surface area contributed by atoms with Gasteiger partial charge >= 0.3 is 0 Å². The average Bonchev–Trinajstić information content (AvgIpc) is 2.24. The van der Waals surface area contributed by atoms with E-state index in [4.69, 9.17) is 5.73 Å². The second kappa shape index (κ2) is 6.64. The zero-order valence-electron chi connectivity index (χ0n) is 12.4. The molecule has 0 aromatic heterocycles. The molecule has 0 radical (unpaired) electrons. The zero-order valence-corrected chi connectivity index (χ0v) is 12.4. The molecule has 1 aromatic rings. The first-order valence-corrected chi connectivity index (χ1v) is 6.66. The lowest BCUT2D eigenvalue weighted by Gasteiger charge is -2.29. The molecule has 3 nitrogen and oxygen atoms in total. The van der Waals surface area contributed by atoms with Crippen LogP contribution in [0.1, 0.15) is 19.4 Å². The summed E-state index contributed by atoms with van der Waals surface area (Å²) in [6, 6.07) is 6.19. The third-order valence-corrected chi connectivity index (χ3v) is 2.96. The summed E-state index contributed by atoms with van der Waals surface area (Å²) in [5.74, 6) is 0.657. The Labute approximate surface area is 112 Å². The third kappa shape index (κ3) is 4.57. The summed E-state index contributed by atoms with van der Waals surface area (Å²) >= 11 is 0. The molecule has 0 unspecified atom stereocenters. The molecule has 1 rings (SSSR count). The van der Waals surface area contributed by atoms with E-state index in [0.717, 1.165) is 25.3 Å². The predicted octanol–water partition coefficient (Wildman–Crippen LogP) is 2.60. The van der Waals surface area contributed by atoms with E-state index in [-0.39, 0.29) is 0 Å². The number of likely N-dealkylation sites (N-methyl/N-ethyl adjacent to an activating group) is 1. The molecular weight excluding hydrogens is 222 g/mol. The Hall–Kier alpha value is -1.22. The van der Waals surface area contributed by atoms with E-state index in [1.54, 1.807) is 0 Å². The first kappa shape index (κ1) is 14.8. The highest BCUT2D eigenvalue weighted by atomic mass is 15.2. The number of hydrogen-bond donors (Lipinski definition) is 1. The van der Waals surface area contributed by atoms with Crippen molar-refractivity contribution < 1.29 is 0 Å². The Morgan fingerprint density at radius 2 is 1.83 bits per heavy atom. The fraction of sp³-hybridized carbons (Fsp3) is 0.600. The van der Waals surface area contributed by atoms with Crippen LogP contribution >= 0.6 is 0 Å². The minimum atomic E-state index is 0.657. The Balaban J connectivity index is 2.86. The molecule has 2 N–H and O–H groups in total. The molecule has 3 heteroatoms. The van der Waals surface area contributed by atoms with Gasteiger partial charge < -0.3 is 15.5 Å². The quantitative estimate of drug-likeness (QED) is 0.787. The van der Waals surface area contributed by atoms with Crippen LogP contribution in [-0.4, -0.2) is 38.6 Å². The van der Waals surface area contributed by atoms with Crippen LogP contribution in [0.2, 0.25) is 0 Å². The van der Waals surface area contributed by atoms with Crippen molar-refractivity contribution in [2.45, 2.75) is 20.8 Å². The molecule has 102 valence electrons. The van der Waals surface area contributed by atoms with Crippen molar-refractivity contribution in [2.75, 3.05) is 44.4 Å². The van der Waals surface area contributed by atoms with Crippen LogP contribution < -0.4 is 10.6 Å². The SMILES string of the molecule is Cc1cc(N)ccc1N(CCN(C)C)CC(C)C. The number of rotatable bonds is 6. The Morgan fingerprint density at radius 1 is 1.17 bits per heavy atom. The minimum absolute atomic E-state index is 0.657. The van der Waals surface area contributed by atoms with Crippen LogP contribution in [0.3, 0.4) is 0 Å². The average molecular weight is 249 g/mol. The predicted molar refractivity (Wildman–Crippen MR) is 81.2 cm³/mol. The standard InChI is InChI=1S/C15H27N3/c1-12(2)11-18(9-8-17(4)5)15-7-6-14(16)10-13(15)3/h6-7,10,12H,8-9,11,16H2,1-5H3. The van der Waals surface area contributed by atoms with E-state index < -0.39 is 0 Å². The smallest absolute Gasteiger partial charge is 0.0397 e. The molecule has 0 bridgehead atoms. The van der Waals surface area contributed by atoms with Gasteiger partial charge in [0.2, 0.25) is 0 Å². The van der Waals surface area contributed by atoms with Crippen molar-refractivity contribution in [2.24, 2.45) is 5.92 Å². The second-order valence-electron chi connectivity index (χ2n) is 5.69. The maximum Gasteiger partial charge on any atom is 0.0397 e. The number of aryl methyl sites for hydroxylation is 1. The number of nitrogens with two attached hydrogens (primary N) is 1. The van der Waals surface area contributed by atoms with Gasteiger partial charge in [0.05, 0.1) is 0 Å². The van der Waals surface area contributed by atoms with E-state index >= 15 is 0 Å². The van der Waals surface area contributed by atoms with Gasteiger partial charge in [-0.3, -0.25) is 0 Å². The summed E-state index contributed by atoms with van der Waals surface area (Å²) in [4.78, 5) is 4.68. The number of benzene rings is 1. The fourth-order valence-corrected chi connectivity index (χ4v) is 2.11. The highest BCUT2D eigenvalue weighted by molar-refractivity contribution is 5.59. The lowest BCUT2D eigenvalue weighted by Crippen LogP contribution is -2.34. The molecule has 0 fully saturated rings. The molecule has 0 saturated carbocycles. The van der Waals surface area contributed by atoms with Crippen molar-refractivity contribution in [3.05, 3.63) is 23.8 Å². The fourth-order valence-electron chi connectivity index (χ4n) is 2.11. The van der Waals surface area contributed by atoms with Gasteiger partial charge in [0.15, 0.2) is 0 Å². The van der Waals surface area contributed by atoms with Gasteiger partial charge in [0.1, 0.15) is 0 Å². The topological polar surface area (TPSA) is 32.5 Å². The summed E-state index contributed by atoms with van der Waals surface area (Å²) in [6.45, 7) is 9.85. The normalized spacial score (nSPS) is 11.3. The van der Waals surface area contributed by atoms with Gasteiger partial charge in [-0.25, -0.2) is 0 Å². The summed E-state index contributed by atoms with van der Waals surface area (Å²) < 4.78 is 0. The molecule has 0 aliphatic rings. The highest BCUT2D eigenvalue weighted by Crippen LogP contribution is 2.23. The van der Waals surface area contributed by atoms with Crippen LogP contribution in [0.4, 0.5) is 11.4 Å². The van der Waals surface area contributed by atoms with Gasteiger partial charge in [-0.15, -0.1) is 0 Å². The molecule has 0 amide bonds. The van der Waals surface area contributed by atoms with E-state index in [1.807, 2.05) is 6.07 Å². The van der Waals surface area contributed by atoms with Crippen LogP contribution in [0.15, 0.2) is 18.2 Å². The lowest BCUT2D eigenvalue weighted by atomic mass is 10.1. The second-order valence-corrected chi connectivity index (χ2v) is 5.69. The number of hydrogen-bond acceptors (Lipinski definition) is 3. The Bertz CT molecular complexity index is 372. The van der Waals surface area contributed by atoms with Gasteiger partial charge in [0.25, 0.3) is 0 Å². The molecule has 0 atom stereocenters. The molecule has 1 aromatic carbocycles. The molecule has 0 aliphatic carbocycles. The van der Waals surface area contributed by atoms with Crippen molar-refractivity contribution in [3.8, 4) is 0 Å². The summed E-state index contributed by atoms with van der Waals surface area (Å²) in [7, 11) is 4.23. The first-order chi connectivity index (χ1) is 8.40. The summed E-state index contributed by atoms with van der Waals surface area (Å²) in [6.07, 6.45) is 0. The van der Waals surface area contributed by atoms with Gasteiger partial charge in [-0.2, -0.15) is 0 Å². The van der Waals surface area contributed by atoms with Crippen LogP contribution in [-0.2, 0) is 0 Å². The van der Waals surface area contributed by atoms with Crippen molar-refractivity contribution >= 4 is 11.4 Å². The van der Waals surface area contributed by atoms with Crippen LogP contribution in [0.5, 0.6) is 0 Å². The first-order valence-electron chi connectivity index (χ1n) is 6.66. The third-order valence-electron chi connectivity index (χ3n) is 2.96. The van der Waals surface area contributed by atoms with Crippen LogP contribution in [0.25, 0.3) is 0 Å². The molecule has 0 spiro atoms. The largest absolute Gasteiger partial charge is 0.399 e. The van der Waals surface area contributed by atoms with E-state index in [2.05, 4.69) is 56.8 Å². The minimum Gasteiger partial charge on any atom is -0.399 e. The van der Waals surface area contributed by atoms with E-state index in [9.17, 15) is 0 Å². The lowest BCUT2D eigenvalue weighted by molar-refractivity contribution is 0.409.